The molecule has 0 aliphatic heterocycles. The lowest BCUT2D eigenvalue weighted by Crippen LogP contribution is -2.36. The van der Waals surface area contributed by atoms with Gasteiger partial charge in [-0.2, -0.15) is 0 Å². The molecule has 7 nitrogen and oxygen atoms in total. The van der Waals surface area contributed by atoms with Crippen LogP contribution in [0.4, 0.5) is 4.79 Å². The number of hydrogen-bond donors (Lipinski definition) is 3. The van der Waals surface area contributed by atoms with Crippen molar-refractivity contribution in [2.45, 2.75) is 26.4 Å². The number of aromatic nitrogens is 1. The number of carboxylic acid groups (broad SMARTS) is 1. The summed E-state index contributed by atoms with van der Waals surface area (Å²) < 4.78 is 6.86. The van der Waals surface area contributed by atoms with Crippen LogP contribution in [0.5, 0.6) is 0 Å². The molecular weight excluding hydrogens is 406 g/mol. The van der Waals surface area contributed by atoms with Crippen molar-refractivity contribution in [1.29, 1.82) is 5.41 Å². The van der Waals surface area contributed by atoms with E-state index in [0.717, 1.165) is 10.8 Å². The summed E-state index contributed by atoms with van der Waals surface area (Å²) in [4.78, 5) is 24.0. The van der Waals surface area contributed by atoms with E-state index in [9.17, 15) is 14.7 Å². The van der Waals surface area contributed by atoms with Gasteiger partial charge in [-0.3, -0.25) is 10.7 Å². The Morgan fingerprint density at radius 1 is 0.938 bits per heavy atom. The molecule has 1 heterocycles. The Labute approximate surface area is 184 Å². The van der Waals surface area contributed by atoms with E-state index in [1.807, 2.05) is 42.5 Å². The van der Waals surface area contributed by atoms with Crippen LogP contribution in [-0.2, 0) is 4.74 Å². The molecule has 162 valence electrons. The van der Waals surface area contributed by atoms with Gasteiger partial charge in [-0.25, -0.2) is 9.59 Å². The zero-order chi connectivity index (χ0) is 23.0. The van der Waals surface area contributed by atoms with Crippen molar-refractivity contribution in [1.82, 2.24) is 9.88 Å². The molecule has 0 fully saturated rings. The van der Waals surface area contributed by atoms with Gasteiger partial charge in [0.25, 0.3) is 0 Å². The van der Waals surface area contributed by atoms with E-state index in [4.69, 9.17) is 10.1 Å². The normalized spacial score (nSPS) is 11.5. The number of rotatable bonds is 3. The van der Waals surface area contributed by atoms with Gasteiger partial charge < -0.3 is 14.4 Å². The van der Waals surface area contributed by atoms with E-state index in [2.05, 4.69) is 5.32 Å². The molecule has 0 atom stereocenters. The second kappa shape index (κ2) is 7.85. The van der Waals surface area contributed by atoms with Crippen molar-refractivity contribution in [2.75, 3.05) is 0 Å². The number of aromatic carboxylic acids is 1. The largest absolute Gasteiger partial charge is 0.477 e. The number of benzene rings is 3. The van der Waals surface area contributed by atoms with E-state index in [0.29, 0.717) is 22.2 Å². The molecule has 1 aromatic heterocycles. The average Bonchev–Trinajstić information content (AvgIpc) is 3.11. The number of hydrogen-bond acceptors (Lipinski definition) is 4. The standard InChI is InChI=1S/C25H23N3O4/c1-25(2,3)32-24(31)27-22(26)18-9-8-17-13-21(23(29)30)28(20(17)14-18)19-11-10-15-6-4-5-7-16(15)12-19/h4-14H,1-3H3,(H,29,30)(H2,26,27,31). The molecule has 7 heteroatoms. The van der Waals surface area contributed by atoms with Crippen molar-refractivity contribution in [3.8, 4) is 5.69 Å². The molecule has 0 aliphatic rings. The van der Waals surface area contributed by atoms with Gasteiger partial charge in [0.2, 0.25) is 0 Å². The highest BCUT2D eigenvalue weighted by Crippen LogP contribution is 2.28. The molecule has 0 radical (unpaired) electrons. The Morgan fingerprint density at radius 2 is 1.62 bits per heavy atom. The molecule has 4 rings (SSSR count). The Balaban J connectivity index is 1.79. The van der Waals surface area contributed by atoms with Crippen LogP contribution in [0.3, 0.4) is 0 Å². The van der Waals surface area contributed by atoms with Crippen LogP contribution in [0.1, 0.15) is 36.8 Å². The monoisotopic (exact) mass is 429 g/mol. The molecule has 1 amide bonds. The Hall–Kier alpha value is -4.13. The third kappa shape index (κ3) is 4.18. The summed E-state index contributed by atoms with van der Waals surface area (Å²) in [6, 6.07) is 20.3. The second-order valence-electron chi connectivity index (χ2n) is 8.48. The minimum Gasteiger partial charge on any atom is -0.477 e. The smallest absolute Gasteiger partial charge is 0.413 e. The van der Waals surface area contributed by atoms with Gasteiger partial charge >= 0.3 is 12.1 Å². The van der Waals surface area contributed by atoms with E-state index >= 15 is 0 Å². The van der Waals surface area contributed by atoms with E-state index in [1.165, 1.54) is 0 Å². The molecule has 32 heavy (non-hydrogen) atoms. The Morgan fingerprint density at radius 3 is 2.31 bits per heavy atom. The molecule has 0 unspecified atom stereocenters. The number of fused-ring (bicyclic) bond motifs is 2. The molecular formula is C25H23N3O4. The summed E-state index contributed by atoms with van der Waals surface area (Å²) in [6.45, 7) is 5.23. The predicted molar refractivity (Wildman–Crippen MR) is 124 cm³/mol. The van der Waals surface area contributed by atoms with E-state index < -0.39 is 17.7 Å². The molecule has 4 aromatic rings. The molecule has 0 aliphatic carbocycles. The minimum absolute atomic E-state index is 0.110. The second-order valence-corrected chi connectivity index (χ2v) is 8.48. The highest BCUT2D eigenvalue weighted by Gasteiger charge is 2.20. The van der Waals surface area contributed by atoms with Crippen LogP contribution in [0.25, 0.3) is 27.4 Å². The van der Waals surface area contributed by atoms with E-state index in [1.54, 1.807) is 49.6 Å². The quantitative estimate of drug-likeness (QED) is 0.302. The lowest BCUT2D eigenvalue weighted by atomic mass is 10.1. The van der Waals surface area contributed by atoms with Crippen molar-refractivity contribution in [3.63, 3.8) is 0 Å². The lowest BCUT2D eigenvalue weighted by molar-refractivity contribution is 0.0562. The highest BCUT2D eigenvalue weighted by molar-refractivity contribution is 6.07. The fourth-order valence-corrected chi connectivity index (χ4v) is 3.59. The first-order valence-corrected chi connectivity index (χ1v) is 10.1. The van der Waals surface area contributed by atoms with Gasteiger partial charge in [0.15, 0.2) is 0 Å². The predicted octanol–water partition coefficient (Wildman–Crippen LogP) is 5.33. The SMILES string of the molecule is CC(C)(C)OC(=O)NC(=N)c1ccc2cc(C(=O)O)n(-c3ccc4ccccc4c3)c2c1. The summed E-state index contributed by atoms with van der Waals surface area (Å²) in [5, 5.41) is 23.3. The average molecular weight is 429 g/mol. The number of ether oxygens (including phenoxy) is 1. The van der Waals surface area contributed by atoms with Crippen LogP contribution in [0.2, 0.25) is 0 Å². The topological polar surface area (TPSA) is 104 Å². The number of alkyl carbamates (subject to hydrolysis) is 1. The number of nitrogens with zero attached hydrogens (tertiary/aromatic N) is 1. The van der Waals surface area contributed by atoms with Crippen LogP contribution in [0, 0.1) is 5.41 Å². The summed E-state index contributed by atoms with van der Waals surface area (Å²) >= 11 is 0. The lowest BCUT2D eigenvalue weighted by Gasteiger charge is -2.19. The summed E-state index contributed by atoms with van der Waals surface area (Å²) in [6.07, 6.45) is -0.723. The molecule has 0 spiro atoms. The first kappa shape index (κ1) is 21.1. The van der Waals surface area contributed by atoms with Crippen LogP contribution in [-0.4, -0.2) is 33.2 Å². The van der Waals surface area contributed by atoms with Gasteiger partial charge in [0.05, 0.1) is 5.52 Å². The van der Waals surface area contributed by atoms with Crippen molar-refractivity contribution in [3.05, 3.63) is 78.0 Å². The van der Waals surface area contributed by atoms with Crippen molar-refractivity contribution < 1.29 is 19.4 Å². The van der Waals surface area contributed by atoms with Crippen LogP contribution >= 0.6 is 0 Å². The molecule has 3 N–H and O–H groups in total. The fourth-order valence-electron chi connectivity index (χ4n) is 3.59. The minimum atomic E-state index is -1.06. The van der Waals surface area contributed by atoms with Gasteiger partial charge in [0, 0.05) is 16.6 Å². The zero-order valence-corrected chi connectivity index (χ0v) is 18.0. The molecule has 3 aromatic carbocycles. The molecule has 0 bridgehead atoms. The first-order valence-electron chi connectivity index (χ1n) is 10.1. The van der Waals surface area contributed by atoms with E-state index in [-0.39, 0.29) is 11.5 Å². The van der Waals surface area contributed by atoms with Crippen LogP contribution in [0.15, 0.2) is 66.7 Å². The highest BCUT2D eigenvalue weighted by atomic mass is 16.6. The third-order valence-corrected chi connectivity index (χ3v) is 4.93. The summed E-state index contributed by atoms with van der Waals surface area (Å²) in [5.41, 5.74) is 1.17. The summed E-state index contributed by atoms with van der Waals surface area (Å²) in [5.74, 6) is -1.19. The zero-order valence-electron chi connectivity index (χ0n) is 18.0. The third-order valence-electron chi connectivity index (χ3n) is 4.93. The number of carbonyl (C=O) groups is 2. The maximum absolute atomic E-state index is 12.1. The number of carboxylic acids is 1. The van der Waals surface area contributed by atoms with Gasteiger partial charge in [-0.05, 0) is 55.8 Å². The maximum atomic E-state index is 12.1. The number of amides is 1. The van der Waals surface area contributed by atoms with Crippen molar-refractivity contribution >= 4 is 39.6 Å². The summed E-state index contributed by atoms with van der Waals surface area (Å²) in [7, 11) is 0. The first-order chi connectivity index (χ1) is 15.1. The van der Waals surface area contributed by atoms with Gasteiger partial charge in [0.1, 0.15) is 17.1 Å². The van der Waals surface area contributed by atoms with Crippen molar-refractivity contribution in [2.24, 2.45) is 0 Å². The molecule has 0 saturated carbocycles. The number of nitrogens with one attached hydrogen (secondary N) is 2. The Bertz CT molecular complexity index is 1380. The Kier molecular flexibility index (Phi) is 5.18. The maximum Gasteiger partial charge on any atom is 0.413 e. The fraction of sp³-hybridized carbons (Fsp3) is 0.160. The molecule has 0 saturated heterocycles. The number of amidine groups is 1. The number of carbonyl (C=O) groups excluding carboxylic acids is 1. The van der Waals surface area contributed by atoms with Crippen LogP contribution < -0.4 is 5.32 Å². The van der Waals surface area contributed by atoms with Gasteiger partial charge in [-0.1, -0.05) is 42.5 Å². The van der Waals surface area contributed by atoms with Gasteiger partial charge in [-0.15, -0.1) is 0 Å².